The zero-order valence-electron chi connectivity index (χ0n) is 10.5. The number of rotatable bonds is 3. The van der Waals surface area contributed by atoms with Crippen molar-refractivity contribution >= 4 is 28.4 Å². The zero-order valence-corrected chi connectivity index (χ0v) is 12.7. The molecule has 0 fully saturated rings. The van der Waals surface area contributed by atoms with Gasteiger partial charge in [-0.05, 0) is 52.4 Å². The Kier molecular flexibility index (Phi) is 4.65. The molecule has 0 aliphatic carbocycles. The van der Waals surface area contributed by atoms with E-state index in [0.29, 0.717) is 11.6 Å². The molecule has 0 radical (unpaired) electrons. The maximum absolute atomic E-state index is 13.8. The van der Waals surface area contributed by atoms with Crippen LogP contribution in [0.25, 0.3) is 0 Å². The number of Topliss-reactive ketones (excluding diaryl/α,β-unsaturated/α-hetero) is 1. The lowest BCUT2D eigenvalue weighted by molar-refractivity contribution is -0.140. The van der Waals surface area contributed by atoms with E-state index in [9.17, 15) is 22.4 Å². The van der Waals surface area contributed by atoms with Crippen LogP contribution in [0, 0.1) is 9.39 Å². The van der Waals surface area contributed by atoms with Crippen LogP contribution in [0.3, 0.4) is 0 Å². The van der Waals surface area contributed by atoms with Gasteiger partial charge in [0.2, 0.25) is 0 Å². The molecule has 0 aliphatic rings. The molecule has 0 amide bonds. The Morgan fingerprint density at radius 2 is 1.67 bits per heavy atom. The molecule has 21 heavy (non-hydrogen) atoms. The first-order valence-electron chi connectivity index (χ1n) is 5.92. The second-order valence-corrected chi connectivity index (χ2v) is 5.64. The molecular weight excluding hydrogens is 399 g/mol. The smallest absolute Gasteiger partial charge is 0.294 e. The average Bonchev–Trinajstić information content (AvgIpc) is 2.40. The molecule has 0 aromatic heterocycles. The van der Waals surface area contributed by atoms with Crippen molar-refractivity contribution in [3.8, 4) is 0 Å². The summed E-state index contributed by atoms with van der Waals surface area (Å²) >= 11 is 2.09. The summed E-state index contributed by atoms with van der Waals surface area (Å²) in [7, 11) is 0. The normalized spacial score (nSPS) is 11.5. The Bertz CT molecular complexity index is 662. The van der Waals surface area contributed by atoms with E-state index in [0.717, 1.165) is 15.7 Å². The van der Waals surface area contributed by atoms with E-state index < -0.39 is 28.9 Å². The van der Waals surface area contributed by atoms with Gasteiger partial charge in [0.1, 0.15) is 5.82 Å². The SMILES string of the molecule is O=C(Cc1ccc(I)cc1)c1cccc(C(F)(F)F)c1F. The molecule has 0 saturated heterocycles. The van der Waals surface area contributed by atoms with Crippen LogP contribution in [0.2, 0.25) is 0 Å². The van der Waals surface area contributed by atoms with Crippen LogP contribution in [0.4, 0.5) is 17.6 Å². The van der Waals surface area contributed by atoms with Gasteiger partial charge >= 0.3 is 6.18 Å². The molecule has 1 nitrogen and oxygen atoms in total. The lowest BCUT2D eigenvalue weighted by Gasteiger charge is -2.10. The van der Waals surface area contributed by atoms with Gasteiger partial charge in [-0.3, -0.25) is 4.79 Å². The summed E-state index contributed by atoms with van der Waals surface area (Å²) in [5, 5.41) is 0. The fourth-order valence-corrected chi connectivity index (χ4v) is 2.21. The zero-order chi connectivity index (χ0) is 15.6. The first-order valence-corrected chi connectivity index (χ1v) is 7.00. The molecule has 0 unspecified atom stereocenters. The van der Waals surface area contributed by atoms with Crippen molar-refractivity contribution in [3.63, 3.8) is 0 Å². The predicted octanol–water partition coefficient (Wildman–Crippen LogP) is 4.87. The summed E-state index contributed by atoms with van der Waals surface area (Å²) in [6.45, 7) is 0. The molecule has 0 atom stereocenters. The Morgan fingerprint density at radius 1 is 1.05 bits per heavy atom. The second-order valence-electron chi connectivity index (χ2n) is 4.39. The van der Waals surface area contributed by atoms with Gasteiger partial charge in [0.15, 0.2) is 5.78 Å². The van der Waals surface area contributed by atoms with Crippen LogP contribution < -0.4 is 0 Å². The molecule has 2 rings (SSSR count). The van der Waals surface area contributed by atoms with Gasteiger partial charge in [-0.1, -0.05) is 18.2 Å². The fourth-order valence-electron chi connectivity index (χ4n) is 1.85. The topological polar surface area (TPSA) is 17.1 Å². The predicted molar refractivity (Wildman–Crippen MR) is 78.6 cm³/mol. The number of hydrogen-bond donors (Lipinski definition) is 0. The van der Waals surface area contributed by atoms with Gasteiger partial charge in [-0.2, -0.15) is 13.2 Å². The Morgan fingerprint density at radius 3 is 2.24 bits per heavy atom. The first kappa shape index (κ1) is 15.9. The van der Waals surface area contributed by atoms with Crippen LogP contribution in [-0.4, -0.2) is 5.78 Å². The number of ketones is 1. The Balaban J connectivity index is 2.30. The maximum Gasteiger partial charge on any atom is 0.419 e. The third kappa shape index (κ3) is 3.81. The van der Waals surface area contributed by atoms with Crippen LogP contribution in [0.15, 0.2) is 42.5 Å². The van der Waals surface area contributed by atoms with Crippen LogP contribution >= 0.6 is 22.6 Å². The fraction of sp³-hybridized carbons (Fsp3) is 0.133. The summed E-state index contributed by atoms with van der Waals surface area (Å²) in [6, 6.07) is 9.64. The lowest BCUT2D eigenvalue weighted by atomic mass is 10.0. The highest BCUT2D eigenvalue weighted by Crippen LogP contribution is 2.32. The first-order chi connectivity index (χ1) is 9.79. The molecule has 110 valence electrons. The van der Waals surface area contributed by atoms with Crippen molar-refractivity contribution in [1.82, 2.24) is 0 Å². The standard InChI is InChI=1S/C15H9F4IO/c16-14-11(2-1-3-12(14)15(17,18)19)13(21)8-9-4-6-10(20)7-5-9/h1-7H,8H2. The minimum Gasteiger partial charge on any atom is -0.294 e. The summed E-state index contributed by atoms with van der Waals surface area (Å²) < 4.78 is 52.6. The summed E-state index contributed by atoms with van der Waals surface area (Å²) in [5.41, 5.74) is -1.34. The van der Waals surface area contributed by atoms with E-state index >= 15 is 0 Å². The second kappa shape index (κ2) is 6.13. The highest BCUT2D eigenvalue weighted by Gasteiger charge is 2.35. The molecule has 0 bridgehead atoms. The minimum absolute atomic E-state index is 0.144. The van der Waals surface area contributed by atoms with E-state index in [4.69, 9.17) is 0 Å². The van der Waals surface area contributed by atoms with Gasteiger partial charge in [0.05, 0.1) is 11.1 Å². The maximum atomic E-state index is 13.8. The number of hydrogen-bond acceptors (Lipinski definition) is 1. The van der Waals surface area contributed by atoms with Crippen molar-refractivity contribution in [2.24, 2.45) is 0 Å². The number of alkyl halides is 3. The molecule has 0 saturated carbocycles. The van der Waals surface area contributed by atoms with Crippen LogP contribution in [-0.2, 0) is 12.6 Å². The average molecular weight is 408 g/mol. The molecule has 0 heterocycles. The van der Waals surface area contributed by atoms with Crippen LogP contribution in [0.1, 0.15) is 21.5 Å². The quantitative estimate of drug-likeness (QED) is 0.402. The molecule has 6 heteroatoms. The van der Waals surface area contributed by atoms with E-state index in [-0.39, 0.29) is 6.42 Å². The van der Waals surface area contributed by atoms with Gasteiger partial charge in [-0.15, -0.1) is 0 Å². The summed E-state index contributed by atoms with van der Waals surface area (Å²) in [5.74, 6) is -2.19. The van der Waals surface area contributed by atoms with Crippen LogP contribution in [0.5, 0.6) is 0 Å². The number of carbonyl (C=O) groups is 1. The van der Waals surface area contributed by atoms with E-state index in [2.05, 4.69) is 22.6 Å². The van der Waals surface area contributed by atoms with E-state index in [1.54, 1.807) is 24.3 Å². The molecule has 0 N–H and O–H groups in total. The van der Waals surface area contributed by atoms with Crippen molar-refractivity contribution in [2.75, 3.05) is 0 Å². The highest BCUT2D eigenvalue weighted by atomic mass is 127. The Labute approximate surface area is 132 Å². The monoisotopic (exact) mass is 408 g/mol. The van der Waals surface area contributed by atoms with Crippen molar-refractivity contribution in [2.45, 2.75) is 12.6 Å². The molecule has 2 aromatic carbocycles. The summed E-state index contributed by atoms with van der Waals surface area (Å²) in [6.07, 6.45) is -4.96. The molecular formula is C15H9F4IO. The summed E-state index contributed by atoms with van der Waals surface area (Å²) in [4.78, 5) is 12.0. The van der Waals surface area contributed by atoms with Crippen molar-refractivity contribution in [3.05, 3.63) is 68.5 Å². The third-order valence-electron chi connectivity index (χ3n) is 2.88. The Hall–Kier alpha value is -1.44. The van der Waals surface area contributed by atoms with E-state index in [1.165, 1.54) is 0 Å². The number of benzene rings is 2. The third-order valence-corrected chi connectivity index (χ3v) is 3.60. The van der Waals surface area contributed by atoms with Gasteiger partial charge in [0, 0.05) is 9.99 Å². The number of halogens is 5. The van der Waals surface area contributed by atoms with Crippen molar-refractivity contribution < 1.29 is 22.4 Å². The van der Waals surface area contributed by atoms with E-state index in [1.807, 2.05) is 0 Å². The lowest BCUT2D eigenvalue weighted by Crippen LogP contribution is -2.13. The molecule has 0 spiro atoms. The highest BCUT2D eigenvalue weighted by molar-refractivity contribution is 14.1. The molecule has 0 aliphatic heterocycles. The minimum atomic E-state index is -4.82. The molecule has 2 aromatic rings. The van der Waals surface area contributed by atoms with Gasteiger partial charge in [0.25, 0.3) is 0 Å². The van der Waals surface area contributed by atoms with Crippen molar-refractivity contribution in [1.29, 1.82) is 0 Å². The van der Waals surface area contributed by atoms with Gasteiger partial charge in [-0.25, -0.2) is 4.39 Å². The van der Waals surface area contributed by atoms with Gasteiger partial charge < -0.3 is 0 Å². The largest absolute Gasteiger partial charge is 0.419 e. The number of carbonyl (C=O) groups excluding carboxylic acids is 1.